The lowest BCUT2D eigenvalue weighted by Gasteiger charge is -2.40. The topological polar surface area (TPSA) is 238 Å². The van der Waals surface area contributed by atoms with Crippen molar-refractivity contribution in [3.63, 3.8) is 0 Å². The van der Waals surface area contributed by atoms with Crippen LogP contribution in [0.4, 0.5) is 0 Å². The summed E-state index contributed by atoms with van der Waals surface area (Å²) in [6.45, 7) is 24.0. The molecule has 1 saturated carbocycles. The van der Waals surface area contributed by atoms with Crippen LogP contribution >= 0.6 is 22.7 Å². The molecule has 0 radical (unpaired) electrons. The number of hydrogen-bond acceptors (Lipinski definition) is 13. The molecule has 0 spiro atoms. The third-order valence-corrected chi connectivity index (χ3v) is 18.8. The van der Waals surface area contributed by atoms with Crippen molar-refractivity contribution in [3.05, 3.63) is 105 Å². The maximum atomic E-state index is 14.9. The summed E-state index contributed by atoms with van der Waals surface area (Å²) in [4.78, 5) is 101. The number of aromatic nitrogens is 2. The Labute approximate surface area is 488 Å². The van der Waals surface area contributed by atoms with Crippen LogP contribution in [-0.4, -0.2) is 120 Å². The monoisotopic (exact) mass is 1150 g/mol. The van der Waals surface area contributed by atoms with E-state index >= 15 is 0 Å². The van der Waals surface area contributed by atoms with Crippen LogP contribution in [0.3, 0.4) is 0 Å². The number of aliphatic hydroxyl groups is 2. The lowest BCUT2D eigenvalue weighted by molar-refractivity contribution is -0.145. The Morgan fingerprint density at radius 3 is 1.77 bits per heavy atom. The van der Waals surface area contributed by atoms with E-state index in [0.717, 1.165) is 70.7 Å². The number of benzene rings is 3. The van der Waals surface area contributed by atoms with Crippen molar-refractivity contribution in [2.75, 3.05) is 13.1 Å². The zero-order valence-corrected chi connectivity index (χ0v) is 50.7. The molecular formula is C63H77N9O8S2. The molecule has 0 bridgehead atoms. The summed E-state index contributed by atoms with van der Waals surface area (Å²) >= 11 is 3.11. The van der Waals surface area contributed by atoms with Gasteiger partial charge in [-0.05, 0) is 113 Å². The number of aliphatic hydroxyl groups excluding tert-OH is 2. The highest BCUT2D eigenvalue weighted by Gasteiger charge is 2.54. The molecule has 5 N–H and O–H groups in total. The Hall–Kier alpha value is -6.85. The van der Waals surface area contributed by atoms with Gasteiger partial charge in [-0.25, -0.2) is 9.97 Å². The van der Waals surface area contributed by atoms with E-state index in [1.165, 1.54) is 21.1 Å². The normalized spacial score (nSPS) is 20.2. The van der Waals surface area contributed by atoms with Gasteiger partial charge < -0.3 is 40.9 Å². The highest BCUT2D eigenvalue weighted by atomic mass is 32.1. The summed E-state index contributed by atoms with van der Waals surface area (Å²) in [6.07, 6.45) is -0.867. The van der Waals surface area contributed by atoms with Gasteiger partial charge in [0.2, 0.25) is 29.5 Å². The SMILES string of the molecule is Cc1ncsc1-c1ccc(CNC(=O)C2C[C@@H](O)CN2C(=O)[C@@H](N2Cc3cc(-c4nc(C)c(-c5ccc(CNC(=O)C6C[C@@H](O)CN6C(=O)[C@@H](NC(=O)C6(C#N)CC6)C(C)(C)C)c(C(C)C)c5)s4)ccc3C2=O)C(C)(C)C)c(C(C)C)c1. The molecule has 3 fully saturated rings. The van der Waals surface area contributed by atoms with Crippen molar-refractivity contribution in [2.24, 2.45) is 16.2 Å². The van der Waals surface area contributed by atoms with Crippen molar-refractivity contribution in [1.82, 2.24) is 40.6 Å². The standard InChI is InChI=1S/C63H77N9O8S2/c1-33(2)46-22-37(50-35(5)67-32-81-50)13-15-40(46)26-66-55(76)49-25-44(74)30-71(49)59(79)53(62(10,11)12)72-28-42-21-39(17-18-45(42)57(72)77)56-68-36(6)51(82-56)38-14-16-41(47(23-38)34(3)4)27-65-54(75)48-24-43(73)29-70(48)58(78)52(61(7,8)9)69-60(80)63(31-64)19-20-63/h13-18,21-23,32-34,43-44,48-49,52-53,73-74H,19-20,24-30H2,1-12H3,(H,65,75)(H,66,76)(H,69,80)/t43-,44-,48?,49?,52-,53-/m1/s1. The summed E-state index contributed by atoms with van der Waals surface area (Å²) in [5, 5.41) is 41.1. The molecule has 9 rings (SSSR count). The fourth-order valence-electron chi connectivity index (χ4n) is 11.9. The van der Waals surface area contributed by atoms with Gasteiger partial charge in [0.1, 0.15) is 34.6 Å². The Morgan fingerprint density at radius 1 is 0.744 bits per heavy atom. The van der Waals surface area contributed by atoms with Crippen molar-refractivity contribution < 1.29 is 39.0 Å². The summed E-state index contributed by atoms with van der Waals surface area (Å²) in [7, 11) is 0. The van der Waals surface area contributed by atoms with E-state index < -0.39 is 76.2 Å². The molecule has 3 aliphatic heterocycles. The van der Waals surface area contributed by atoms with Gasteiger partial charge in [-0.3, -0.25) is 28.8 Å². The summed E-state index contributed by atoms with van der Waals surface area (Å²) in [5.74, 6) is -2.19. The molecule has 82 heavy (non-hydrogen) atoms. The minimum atomic E-state index is -1.14. The number of amides is 6. The maximum absolute atomic E-state index is 14.9. The highest BCUT2D eigenvalue weighted by molar-refractivity contribution is 7.18. The fraction of sp³-hybridized carbons (Fsp3) is 0.508. The molecule has 6 amide bonds. The number of fused-ring (bicyclic) bond motifs is 1. The van der Waals surface area contributed by atoms with Gasteiger partial charge in [0.25, 0.3) is 5.91 Å². The van der Waals surface area contributed by atoms with Crippen molar-refractivity contribution in [2.45, 2.75) is 177 Å². The second-order valence-corrected chi connectivity index (χ2v) is 27.5. The lowest BCUT2D eigenvalue weighted by Crippen LogP contribution is -2.58. The lowest BCUT2D eigenvalue weighted by atomic mass is 9.84. The molecule has 3 aromatic carbocycles. The number of carbonyl (C=O) groups excluding carboxylic acids is 6. The Morgan fingerprint density at radius 2 is 1.28 bits per heavy atom. The first kappa shape index (κ1) is 59.8. The number of nitrogens with zero attached hydrogens (tertiary/aromatic N) is 6. The number of rotatable bonds is 16. The predicted molar refractivity (Wildman–Crippen MR) is 316 cm³/mol. The van der Waals surface area contributed by atoms with E-state index in [1.807, 2.05) is 97.3 Å². The molecule has 2 aromatic heterocycles. The van der Waals surface area contributed by atoms with Crippen molar-refractivity contribution in [1.29, 1.82) is 5.26 Å². The number of likely N-dealkylation sites (tertiary alicyclic amines) is 2. The van der Waals surface area contributed by atoms with E-state index in [0.29, 0.717) is 18.4 Å². The van der Waals surface area contributed by atoms with Crippen molar-refractivity contribution in [3.8, 4) is 37.5 Å². The second kappa shape index (κ2) is 23.1. The van der Waals surface area contributed by atoms with Crippen molar-refractivity contribution >= 4 is 58.1 Å². The van der Waals surface area contributed by atoms with Gasteiger partial charge in [-0.15, -0.1) is 22.7 Å². The average molecular weight is 1150 g/mol. The van der Waals surface area contributed by atoms with Gasteiger partial charge in [0.15, 0.2) is 0 Å². The smallest absolute Gasteiger partial charge is 0.255 e. The van der Waals surface area contributed by atoms with Gasteiger partial charge in [0.05, 0.1) is 44.9 Å². The molecule has 5 aromatic rings. The first-order chi connectivity index (χ1) is 38.6. The van der Waals surface area contributed by atoms with E-state index in [9.17, 15) is 44.2 Å². The molecule has 2 unspecified atom stereocenters. The third-order valence-electron chi connectivity index (χ3n) is 16.6. The van der Waals surface area contributed by atoms with Gasteiger partial charge in [0, 0.05) is 56.7 Å². The van der Waals surface area contributed by atoms with E-state index in [1.54, 1.807) is 22.3 Å². The van der Waals surface area contributed by atoms with Crippen LogP contribution in [0.2, 0.25) is 0 Å². The van der Waals surface area contributed by atoms with Gasteiger partial charge in [-0.2, -0.15) is 5.26 Å². The number of carbonyl (C=O) groups is 6. The first-order valence-corrected chi connectivity index (χ1v) is 30.1. The Bertz CT molecular complexity index is 3380. The molecule has 2 saturated heterocycles. The molecule has 5 heterocycles. The quantitative estimate of drug-likeness (QED) is 0.0628. The molecule has 4 aliphatic rings. The van der Waals surface area contributed by atoms with Crippen LogP contribution in [0.1, 0.15) is 156 Å². The van der Waals surface area contributed by atoms with Gasteiger partial charge in [-0.1, -0.05) is 99.6 Å². The van der Waals surface area contributed by atoms with Crippen LogP contribution in [0.15, 0.2) is 60.1 Å². The summed E-state index contributed by atoms with van der Waals surface area (Å²) in [5.41, 5.74) is 9.02. The minimum Gasteiger partial charge on any atom is -0.391 e. The van der Waals surface area contributed by atoms with Crippen LogP contribution in [0.25, 0.3) is 31.5 Å². The van der Waals surface area contributed by atoms with Crippen LogP contribution in [0, 0.1) is 41.4 Å². The molecule has 17 nitrogen and oxygen atoms in total. The van der Waals surface area contributed by atoms with E-state index in [-0.39, 0.29) is 69.2 Å². The minimum absolute atomic E-state index is 0.0318. The number of β-amino-alcohol motifs (C(OH)–C–C–N with tert-alkyl or cyclic N) is 2. The molecule has 1 aliphatic carbocycles. The largest absolute Gasteiger partial charge is 0.391 e. The maximum Gasteiger partial charge on any atom is 0.255 e. The highest BCUT2D eigenvalue weighted by Crippen LogP contribution is 2.46. The predicted octanol–water partition coefficient (Wildman–Crippen LogP) is 8.53. The molecule has 6 atom stereocenters. The van der Waals surface area contributed by atoms with E-state index in [2.05, 4.69) is 66.8 Å². The Kier molecular flexibility index (Phi) is 16.8. The second-order valence-electron chi connectivity index (χ2n) is 25.6. The summed E-state index contributed by atoms with van der Waals surface area (Å²) in [6, 6.07) is 16.2. The zero-order chi connectivity index (χ0) is 59.5. The Balaban J connectivity index is 0.873. The number of thiazole rings is 2. The first-order valence-electron chi connectivity index (χ1n) is 28.4. The molecular weight excluding hydrogens is 1070 g/mol. The zero-order valence-electron chi connectivity index (χ0n) is 49.1. The average Bonchev–Trinajstić information content (AvgIpc) is 4.06. The number of aryl methyl sites for hydroxylation is 2. The van der Waals surface area contributed by atoms with Crippen LogP contribution in [0.5, 0.6) is 0 Å². The molecule has 19 heteroatoms. The molecule has 434 valence electrons. The van der Waals surface area contributed by atoms with E-state index in [4.69, 9.17) is 4.98 Å². The number of hydrogen-bond donors (Lipinski definition) is 5. The summed E-state index contributed by atoms with van der Waals surface area (Å²) < 4.78 is 0. The third kappa shape index (κ3) is 12.0. The fourth-order valence-corrected chi connectivity index (χ4v) is 13.7. The van der Waals surface area contributed by atoms with Crippen LogP contribution in [-0.2, 0) is 43.6 Å². The number of nitrogens with one attached hydrogen (secondary N) is 3. The van der Waals surface area contributed by atoms with Gasteiger partial charge >= 0.3 is 0 Å². The van der Waals surface area contributed by atoms with Crippen LogP contribution < -0.4 is 16.0 Å². The number of nitriles is 1.